The van der Waals surface area contributed by atoms with E-state index in [1.54, 1.807) is 6.92 Å². The van der Waals surface area contributed by atoms with Gasteiger partial charge in [0.1, 0.15) is 0 Å². The summed E-state index contributed by atoms with van der Waals surface area (Å²) in [6, 6.07) is 6.01. The van der Waals surface area contributed by atoms with E-state index in [4.69, 9.17) is 14.2 Å². The maximum Gasteiger partial charge on any atom is 0.330 e. The lowest BCUT2D eigenvalue weighted by Crippen LogP contribution is -2.38. The van der Waals surface area contributed by atoms with Crippen molar-refractivity contribution >= 4 is 28.9 Å². The number of esters is 1. The van der Waals surface area contributed by atoms with E-state index >= 15 is 0 Å². The highest BCUT2D eigenvalue weighted by Gasteiger charge is 2.19. The summed E-state index contributed by atoms with van der Waals surface area (Å²) in [5.41, 5.74) is 2.76. The highest BCUT2D eigenvalue weighted by atomic mass is 16.5. The molecule has 0 spiro atoms. The Hall–Kier alpha value is -2.58. The fraction of sp³-hybridized carbons (Fsp3) is 0.500. The van der Waals surface area contributed by atoms with Gasteiger partial charge in [0.05, 0.1) is 44.4 Å². The molecule has 1 aromatic rings. The zero-order valence-electron chi connectivity index (χ0n) is 16.2. The maximum absolute atomic E-state index is 12.3. The van der Waals surface area contributed by atoms with Crippen molar-refractivity contribution in [3.8, 4) is 0 Å². The van der Waals surface area contributed by atoms with Gasteiger partial charge in [-0.05, 0) is 25.1 Å². The predicted molar refractivity (Wildman–Crippen MR) is 107 cm³/mol. The first kappa shape index (κ1) is 20.2. The molecule has 2 heterocycles. The molecule has 1 N–H and O–H groups in total. The number of carbonyl (C=O) groups excluding carboxylic acids is 2. The van der Waals surface area contributed by atoms with Crippen molar-refractivity contribution < 1.29 is 23.8 Å². The molecule has 8 nitrogen and oxygen atoms in total. The summed E-state index contributed by atoms with van der Waals surface area (Å²) in [6.45, 7) is 7.92. The average Bonchev–Trinajstić information content (AvgIpc) is 2.74. The van der Waals surface area contributed by atoms with E-state index in [2.05, 4.69) is 21.2 Å². The van der Waals surface area contributed by atoms with Crippen molar-refractivity contribution in [2.24, 2.45) is 0 Å². The van der Waals surface area contributed by atoms with Crippen molar-refractivity contribution in [1.82, 2.24) is 0 Å². The number of nitrogens with zero attached hydrogens (tertiary/aromatic N) is 2. The number of anilines is 3. The fourth-order valence-corrected chi connectivity index (χ4v) is 3.22. The summed E-state index contributed by atoms with van der Waals surface area (Å²) in [5.74, 6) is -0.907. The van der Waals surface area contributed by atoms with Gasteiger partial charge in [-0.1, -0.05) is 0 Å². The number of morpholine rings is 2. The van der Waals surface area contributed by atoms with Gasteiger partial charge in [-0.25, -0.2) is 4.79 Å². The van der Waals surface area contributed by atoms with Gasteiger partial charge in [0.15, 0.2) is 0 Å². The molecular weight excluding hydrogens is 362 g/mol. The van der Waals surface area contributed by atoms with Crippen LogP contribution in [0.15, 0.2) is 30.4 Å². The Morgan fingerprint density at radius 2 is 1.68 bits per heavy atom. The Bertz CT molecular complexity index is 710. The largest absolute Gasteiger partial charge is 0.463 e. The second-order valence-electron chi connectivity index (χ2n) is 6.47. The van der Waals surface area contributed by atoms with Gasteiger partial charge >= 0.3 is 5.97 Å². The summed E-state index contributed by atoms with van der Waals surface area (Å²) >= 11 is 0. The molecule has 2 aliphatic heterocycles. The Labute approximate surface area is 165 Å². The van der Waals surface area contributed by atoms with Crippen molar-refractivity contribution in [3.05, 3.63) is 30.4 Å². The van der Waals surface area contributed by atoms with Crippen molar-refractivity contribution in [3.63, 3.8) is 0 Å². The fourth-order valence-electron chi connectivity index (χ4n) is 3.22. The van der Waals surface area contributed by atoms with Crippen molar-refractivity contribution in [1.29, 1.82) is 0 Å². The Balaban J connectivity index is 1.78. The quantitative estimate of drug-likeness (QED) is 0.582. The average molecular weight is 389 g/mol. The van der Waals surface area contributed by atoms with Crippen LogP contribution in [-0.2, 0) is 23.8 Å². The molecule has 0 radical (unpaired) electrons. The SMILES string of the molecule is CCOC(=O)C=CC(=O)Nc1ccc(N2CCOCC2)cc1N1CCOCC1. The maximum atomic E-state index is 12.3. The molecule has 0 saturated carbocycles. The van der Waals surface area contributed by atoms with Crippen LogP contribution in [0.1, 0.15) is 6.92 Å². The summed E-state index contributed by atoms with van der Waals surface area (Å²) in [5, 5.41) is 2.88. The van der Waals surface area contributed by atoms with Crippen LogP contribution in [0.5, 0.6) is 0 Å². The first-order chi connectivity index (χ1) is 13.7. The number of rotatable bonds is 6. The summed E-state index contributed by atoms with van der Waals surface area (Å²) in [7, 11) is 0. The van der Waals surface area contributed by atoms with Crippen LogP contribution >= 0.6 is 0 Å². The standard InChI is InChI=1S/C20H27N3O5/c1-2-28-20(25)6-5-19(24)21-17-4-3-16(22-7-11-26-12-8-22)15-18(17)23-9-13-27-14-10-23/h3-6,15H,2,7-14H2,1H3,(H,21,24). The minimum atomic E-state index is -0.534. The van der Waals surface area contributed by atoms with Gasteiger partial charge in [-0.2, -0.15) is 0 Å². The number of hydrogen-bond acceptors (Lipinski definition) is 7. The van der Waals surface area contributed by atoms with Crippen molar-refractivity contribution in [2.45, 2.75) is 6.92 Å². The minimum absolute atomic E-state index is 0.273. The lowest BCUT2D eigenvalue weighted by atomic mass is 10.1. The number of carbonyl (C=O) groups is 2. The molecule has 2 fully saturated rings. The van der Waals surface area contributed by atoms with Gasteiger partial charge < -0.3 is 29.3 Å². The predicted octanol–water partition coefficient (Wildman–Crippen LogP) is 1.42. The summed E-state index contributed by atoms with van der Waals surface area (Å²) < 4.78 is 15.7. The molecule has 28 heavy (non-hydrogen) atoms. The van der Waals surface area contributed by atoms with E-state index in [-0.39, 0.29) is 12.5 Å². The molecule has 3 rings (SSSR count). The second-order valence-corrected chi connectivity index (χ2v) is 6.47. The Morgan fingerprint density at radius 3 is 2.32 bits per heavy atom. The number of hydrogen-bond donors (Lipinski definition) is 1. The zero-order chi connectivity index (χ0) is 19.8. The van der Waals surface area contributed by atoms with Crippen LogP contribution in [0.25, 0.3) is 0 Å². The topological polar surface area (TPSA) is 80.3 Å². The third kappa shape index (κ3) is 5.46. The van der Waals surface area contributed by atoms with Crippen LogP contribution < -0.4 is 15.1 Å². The van der Waals surface area contributed by atoms with Crippen LogP contribution in [0, 0.1) is 0 Å². The molecular formula is C20H27N3O5. The van der Waals surface area contributed by atoms with Crippen molar-refractivity contribution in [2.75, 3.05) is 74.3 Å². The molecule has 2 aliphatic rings. The van der Waals surface area contributed by atoms with Gasteiger partial charge in [-0.15, -0.1) is 0 Å². The van der Waals surface area contributed by atoms with Crippen LogP contribution in [0.3, 0.4) is 0 Å². The molecule has 0 atom stereocenters. The molecule has 0 bridgehead atoms. The molecule has 2 saturated heterocycles. The molecule has 0 aliphatic carbocycles. The zero-order valence-corrected chi connectivity index (χ0v) is 16.2. The molecule has 152 valence electrons. The number of amides is 1. The Kier molecular flexibility index (Phi) is 7.27. The first-order valence-corrected chi connectivity index (χ1v) is 9.62. The van der Waals surface area contributed by atoms with Gasteiger partial charge in [0.25, 0.3) is 0 Å². The lowest BCUT2D eigenvalue weighted by Gasteiger charge is -2.33. The monoisotopic (exact) mass is 389 g/mol. The lowest BCUT2D eigenvalue weighted by molar-refractivity contribution is -0.137. The van der Waals surface area contributed by atoms with E-state index in [1.807, 2.05) is 12.1 Å². The Morgan fingerprint density at radius 1 is 1.04 bits per heavy atom. The number of ether oxygens (including phenoxy) is 3. The summed E-state index contributed by atoms with van der Waals surface area (Å²) in [6.07, 6.45) is 2.33. The van der Waals surface area contributed by atoms with E-state index < -0.39 is 5.97 Å². The molecule has 0 aromatic heterocycles. The third-order valence-electron chi connectivity index (χ3n) is 4.62. The number of benzene rings is 1. The summed E-state index contributed by atoms with van der Waals surface area (Å²) in [4.78, 5) is 28.2. The van der Waals surface area contributed by atoms with Gasteiger partial charge in [-0.3, -0.25) is 4.79 Å². The van der Waals surface area contributed by atoms with Gasteiger partial charge in [0.2, 0.25) is 5.91 Å². The normalized spacial score (nSPS) is 17.6. The number of nitrogens with one attached hydrogen (secondary N) is 1. The van der Waals surface area contributed by atoms with Gasteiger partial charge in [0, 0.05) is 44.0 Å². The minimum Gasteiger partial charge on any atom is -0.463 e. The first-order valence-electron chi connectivity index (χ1n) is 9.62. The van der Waals surface area contributed by atoms with E-state index in [1.165, 1.54) is 6.08 Å². The van der Waals surface area contributed by atoms with E-state index in [0.29, 0.717) is 32.1 Å². The molecule has 8 heteroatoms. The smallest absolute Gasteiger partial charge is 0.330 e. The highest BCUT2D eigenvalue weighted by molar-refractivity contribution is 6.04. The second kappa shape index (κ2) is 10.1. The van der Waals surface area contributed by atoms with E-state index in [9.17, 15) is 9.59 Å². The molecule has 1 aromatic carbocycles. The van der Waals surface area contributed by atoms with E-state index in [0.717, 1.165) is 43.6 Å². The molecule has 0 unspecified atom stereocenters. The van der Waals surface area contributed by atoms with Crippen LogP contribution in [0.2, 0.25) is 0 Å². The third-order valence-corrected chi connectivity index (χ3v) is 4.62. The molecule has 1 amide bonds. The van der Waals surface area contributed by atoms with Crippen LogP contribution in [-0.4, -0.2) is 71.1 Å². The highest BCUT2D eigenvalue weighted by Crippen LogP contribution is 2.32. The van der Waals surface area contributed by atoms with Crippen LogP contribution in [0.4, 0.5) is 17.1 Å².